The minimum Gasteiger partial charge on any atom is -0.330 e. The highest BCUT2D eigenvalue weighted by molar-refractivity contribution is 6.31. The number of halogens is 1. The Balaban J connectivity index is 1.83. The molecular formula is C16H12ClN5O. The second-order valence-electron chi connectivity index (χ2n) is 5.29. The van der Waals surface area contributed by atoms with E-state index in [1.807, 2.05) is 35.9 Å². The van der Waals surface area contributed by atoms with Crippen LogP contribution >= 0.6 is 11.6 Å². The lowest BCUT2D eigenvalue weighted by Gasteiger charge is -2.05. The van der Waals surface area contributed by atoms with E-state index in [4.69, 9.17) is 11.6 Å². The molecule has 0 atom stereocenters. The molecule has 7 heteroatoms. The molecule has 114 valence electrons. The number of nitrogens with zero attached hydrogens (tertiary/aromatic N) is 5. The molecule has 4 rings (SSSR count). The molecule has 2 heterocycles. The average molecular weight is 326 g/mol. The predicted molar refractivity (Wildman–Crippen MR) is 88.6 cm³/mol. The number of hydrogen-bond acceptors (Lipinski definition) is 4. The Morgan fingerprint density at radius 3 is 2.83 bits per heavy atom. The van der Waals surface area contributed by atoms with Crippen molar-refractivity contribution in [3.8, 4) is 0 Å². The summed E-state index contributed by atoms with van der Waals surface area (Å²) in [6.07, 6.45) is 0. The van der Waals surface area contributed by atoms with Crippen molar-refractivity contribution in [3.63, 3.8) is 0 Å². The van der Waals surface area contributed by atoms with Crippen LogP contribution < -0.4 is 5.56 Å². The van der Waals surface area contributed by atoms with Crippen LogP contribution in [0.25, 0.3) is 21.9 Å². The van der Waals surface area contributed by atoms with Crippen molar-refractivity contribution in [2.24, 2.45) is 7.05 Å². The van der Waals surface area contributed by atoms with Gasteiger partial charge >= 0.3 is 0 Å². The van der Waals surface area contributed by atoms with Gasteiger partial charge in [-0.1, -0.05) is 28.9 Å². The van der Waals surface area contributed by atoms with Gasteiger partial charge in [0.15, 0.2) is 0 Å². The van der Waals surface area contributed by atoms with Gasteiger partial charge in [-0.25, -0.2) is 9.67 Å². The number of aryl methyl sites for hydroxylation is 1. The Kier molecular flexibility index (Phi) is 3.12. The molecule has 0 N–H and O–H groups in total. The van der Waals surface area contributed by atoms with Crippen LogP contribution in [0.3, 0.4) is 0 Å². The molecule has 0 fully saturated rings. The smallest absolute Gasteiger partial charge is 0.278 e. The molecule has 0 saturated heterocycles. The number of hydrogen-bond donors (Lipinski definition) is 0. The summed E-state index contributed by atoms with van der Waals surface area (Å²) in [6, 6.07) is 12.7. The van der Waals surface area contributed by atoms with Crippen molar-refractivity contribution in [2.75, 3.05) is 0 Å². The van der Waals surface area contributed by atoms with E-state index in [1.165, 1.54) is 4.68 Å². The van der Waals surface area contributed by atoms with E-state index in [0.717, 1.165) is 11.0 Å². The maximum atomic E-state index is 12.5. The van der Waals surface area contributed by atoms with Crippen molar-refractivity contribution in [1.29, 1.82) is 0 Å². The van der Waals surface area contributed by atoms with Crippen LogP contribution in [0.5, 0.6) is 0 Å². The molecule has 6 nitrogen and oxygen atoms in total. The Morgan fingerprint density at radius 1 is 1.13 bits per heavy atom. The molecule has 2 aromatic carbocycles. The van der Waals surface area contributed by atoms with Gasteiger partial charge in [0.05, 0.1) is 16.4 Å². The first kappa shape index (κ1) is 13.9. The van der Waals surface area contributed by atoms with Crippen LogP contribution in [0.4, 0.5) is 0 Å². The van der Waals surface area contributed by atoms with Gasteiger partial charge in [0, 0.05) is 12.1 Å². The summed E-state index contributed by atoms with van der Waals surface area (Å²) in [7, 11) is 1.90. The van der Waals surface area contributed by atoms with E-state index >= 15 is 0 Å². The fraction of sp³-hybridized carbons (Fsp3) is 0.125. The van der Waals surface area contributed by atoms with Crippen molar-refractivity contribution >= 4 is 33.5 Å². The Bertz CT molecular complexity index is 1100. The summed E-state index contributed by atoms with van der Waals surface area (Å²) in [5.74, 6) is 0.717. The van der Waals surface area contributed by atoms with E-state index in [9.17, 15) is 4.79 Å². The predicted octanol–water partition coefficient (Wildman–Crippen LogP) is 2.38. The Labute approximate surface area is 135 Å². The Hall–Kier alpha value is -2.73. The lowest BCUT2D eigenvalue weighted by atomic mass is 10.2. The van der Waals surface area contributed by atoms with Crippen LogP contribution in [0.2, 0.25) is 5.02 Å². The molecule has 0 aliphatic rings. The highest BCUT2D eigenvalue weighted by atomic mass is 35.5. The van der Waals surface area contributed by atoms with E-state index < -0.39 is 0 Å². The largest absolute Gasteiger partial charge is 0.330 e. The van der Waals surface area contributed by atoms with Crippen LogP contribution in [0.15, 0.2) is 47.3 Å². The molecule has 0 radical (unpaired) electrons. The summed E-state index contributed by atoms with van der Waals surface area (Å²) >= 11 is 6.00. The number of imidazole rings is 1. The second-order valence-corrected chi connectivity index (χ2v) is 5.73. The SMILES string of the molecule is Cn1c(Cn2nnc3ccccc3c2=O)nc2cc(Cl)ccc21. The fourth-order valence-electron chi connectivity index (χ4n) is 2.63. The lowest BCUT2D eigenvalue weighted by Crippen LogP contribution is -2.25. The van der Waals surface area contributed by atoms with Gasteiger partial charge in [0.2, 0.25) is 0 Å². The molecule has 23 heavy (non-hydrogen) atoms. The van der Waals surface area contributed by atoms with Crippen LogP contribution in [-0.2, 0) is 13.6 Å². The molecule has 0 unspecified atom stereocenters. The normalized spacial score (nSPS) is 11.4. The fourth-order valence-corrected chi connectivity index (χ4v) is 2.79. The maximum absolute atomic E-state index is 12.5. The van der Waals surface area contributed by atoms with Gasteiger partial charge in [-0.15, -0.1) is 5.10 Å². The quantitative estimate of drug-likeness (QED) is 0.567. The zero-order chi connectivity index (χ0) is 16.0. The van der Waals surface area contributed by atoms with E-state index in [1.54, 1.807) is 18.2 Å². The van der Waals surface area contributed by atoms with Crippen molar-refractivity contribution < 1.29 is 0 Å². The summed E-state index contributed by atoms with van der Waals surface area (Å²) in [6.45, 7) is 0.249. The summed E-state index contributed by atoms with van der Waals surface area (Å²) < 4.78 is 3.25. The molecular weight excluding hydrogens is 314 g/mol. The third-order valence-electron chi connectivity index (χ3n) is 3.86. The van der Waals surface area contributed by atoms with E-state index in [0.29, 0.717) is 21.7 Å². The average Bonchev–Trinajstić information content (AvgIpc) is 2.86. The number of aromatic nitrogens is 5. The molecule has 0 aliphatic carbocycles. The number of fused-ring (bicyclic) bond motifs is 2. The monoisotopic (exact) mass is 325 g/mol. The molecule has 4 aromatic rings. The van der Waals surface area contributed by atoms with Crippen LogP contribution in [-0.4, -0.2) is 24.5 Å². The number of rotatable bonds is 2. The first-order valence-corrected chi connectivity index (χ1v) is 7.45. The zero-order valence-corrected chi connectivity index (χ0v) is 13.0. The number of benzene rings is 2. The van der Waals surface area contributed by atoms with Gasteiger partial charge in [-0.3, -0.25) is 4.79 Å². The van der Waals surface area contributed by atoms with Gasteiger partial charge in [-0.05, 0) is 30.3 Å². The minimum absolute atomic E-state index is 0.180. The van der Waals surface area contributed by atoms with E-state index in [-0.39, 0.29) is 12.1 Å². The molecule has 0 amide bonds. The minimum atomic E-state index is -0.180. The highest BCUT2D eigenvalue weighted by Gasteiger charge is 2.11. The lowest BCUT2D eigenvalue weighted by molar-refractivity contribution is 0.571. The third-order valence-corrected chi connectivity index (χ3v) is 4.09. The maximum Gasteiger partial charge on any atom is 0.278 e. The van der Waals surface area contributed by atoms with Gasteiger partial charge in [-0.2, -0.15) is 0 Å². The molecule has 0 bridgehead atoms. The van der Waals surface area contributed by atoms with Crippen molar-refractivity contribution in [2.45, 2.75) is 6.54 Å². The van der Waals surface area contributed by atoms with Crippen molar-refractivity contribution in [3.05, 3.63) is 63.7 Å². The molecule has 0 aliphatic heterocycles. The van der Waals surface area contributed by atoms with Gasteiger partial charge < -0.3 is 4.57 Å². The van der Waals surface area contributed by atoms with Crippen LogP contribution in [0.1, 0.15) is 5.82 Å². The Morgan fingerprint density at radius 2 is 1.96 bits per heavy atom. The van der Waals surface area contributed by atoms with Crippen molar-refractivity contribution in [1.82, 2.24) is 24.5 Å². The standard InChI is InChI=1S/C16H12ClN5O/c1-21-14-7-6-10(17)8-13(14)18-15(21)9-22-16(23)11-4-2-3-5-12(11)19-20-22/h2-8H,9H2,1H3. The summed E-state index contributed by atoms with van der Waals surface area (Å²) in [5, 5.41) is 9.27. The zero-order valence-electron chi connectivity index (χ0n) is 12.3. The van der Waals surface area contributed by atoms with Crippen LogP contribution in [0, 0.1) is 0 Å². The third kappa shape index (κ3) is 2.27. The summed E-state index contributed by atoms with van der Waals surface area (Å²) in [4.78, 5) is 17.1. The van der Waals surface area contributed by atoms with Gasteiger partial charge in [0.1, 0.15) is 17.9 Å². The molecule has 0 saturated carbocycles. The highest BCUT2D eigenvalue weighted by Crippen LogP contribution is 2.19. The molecule has 2 aromatic heterocycles. The summed E-state index contributed by atoms with van der Waals surface area (Å²) in [5.41, 5.74) is 2.15. The van der Waals surface area contributed by atoms with Gasteiger partial charge in [0.25, 0.3) is 5.56 Å². The first-order valence-electron chi connectivity index (χ1n) is 7.07. The van der Waals surface area contributed by atoms with E-state index in [2.05, 4.69) is 15.3 Å². The molecule has 0 spiro atoms. The first-order chi connectivity index (χ1) is 11.1. The topological polar surface area (TPSA) is 65.6 Å². The second kappa shape index (κ2) is 5.17.